The van der Waals surface area contributed by atoms with Crippen LogP contribution in [0.4, 0.5) is 0 Å². The van der Waals surface area contributed by atoms with Gasteiger partial charge in [-0.1, -0.05) is 56.8 Å². The van der Waals surface area contributed by atoms with Gasteiger partial charge >= 0.3 is 0 Å². The average Bonchev–Trinajstić information content (AvgIpc) is 2.53. The summed E-state index contributed by atoms with van der Waals surface area (Å²) in [5.74, 6) is 0.229. The number of hydrogen-bond donors (Lipinski definition) is 1. The van der Waals surface area contributed by atoms with E-state index < -0.39 is 4.75 Å². The maximum Gasteiger partial charge on any atom is 0.219 e. The van der Waals surface area contributed by atoms with E-state index in [1.807, 2.05) is 6.92 Å². The molecule has 1 aromatic carbocycles. The van der Waals surface area contributed by atoms with Crippen molar-refractivity contribution in [2.75, 3.05) is 0 Å². The third-order valence-electron chi connectivity index (χ3n) is 3.84. The van der Waals surface area contributed by atoms with Gasteiger partial charge in [0, 0.05) is 5.57 Å². The second-order valence-corrected chi connectivity index (χ2v) is 8.19. The summed E-state index contributed by atoms with van der Waals surface area (Å²) in [7, 11) is 0. The monoisotopic (exact) mass is 290 g/mol. The van der Waals surface area contributed by atoms with Crippen LogP contribution in [0.5, 0.6) is 0 Å². The fraction of sp³-hybridized carbons (Fsp3) is 0.471. The molecule has 0 saturated carbocycles. The van der Waals surface area contributed by atoms with Gasteiger partial charge in [0.1, 0.15) is 5.76 Å². The molecule has 1 aromatic rings. The van der Waals surface area contributed by atoms with Gasteiger partial charge < -0.3 is 5.11 Å². The fourth-order valence-corrected chi connectivity index (χ4v) is 3.60. The van der Waals surface area contributed by atoms with Gasteiger partial charge in [0.2, 0.25) is 5.12 Å². The molecule has 0 radical (unpaired) electrons. The van der Waals surface area contributed by atoms with Gasteiger partial charge in [0.25, 0.3) is 0 Å². The lowest BCUT2D eigenvalue weighted by Crippen LogP contribution is -2.24. The minimum absolute atomic E-state index is 0.0173. The second kappa shape index (κ2) is 4.96. The number of carbonyl (C=O) groups is 1. The maximum absolute atomic E-state index is 11.7. The molecule has 3 heteroatoms. The lowest BCUT2D eigenvalue weighted by Gasteiger charge is -2.24. The minimum Gasteiger partial charge on any atom is -0.510 e. The molecule has 0 bridgehead atoms. The number of carbonyl (C=O) groups excluding carboxylic acids is 1. The SMILES string of the molecule is CC1=C(O)C(C)(Cc2ccc(C(C)(C)C)cc2)SC1=O. The molecule has 1 aliphatic heterocycles. The van der Waals surface area contributed by atoms with Crippen LogP contribution in [0, 0.1) is 0 Å². The number of thioether (sulfide) groups is 1. The topological polar surface area (TPSA) is 37.3 Å². The van der Waals surface area contributed by atoms with Crippen molar-refractivity contribution in [1.29, 1.82) is 0 Å². The molecule has 20 heavy (non-hydrogen) atoms. The number of aliphatic hydroxyl groups is 1. The first-order valence-corrected chi connectivity index (χ1v) is 7.68. The van der Waals surface area contributed by atoms with Crippen molar-refractivity contribution in [3.05, 3.63) is 46.7 Å². The molecule has 1 N–H and O–H groups in total. The summed E-state index contributed by atoms with van der Waals surface area (Å²) in [6.07, 6.45) is 0.664. The first-order valence-electron chi connectivity index (χ1n) is 6.86. The molecular weight excluding hydrogens is 268 g/mol. The van der Waals surface area contributed by atoms with Gasteiger partial charge in [0.15, 0.2) is 0 Å². The van der Waals surface area contributed by atoms with E-state index in [4.69, 9.17) is 0 Å². The number of rotatable bonds is 2. The minimum atomic E-state index is -0.523. The molecule has 1 atom stereocenters. The van der Waals surface area contributed by atoms with Gasteiger partial charge in [-0.05, 0) is 36.8 Å². The summed E-state index contributed by atoms with van der Waals surface area (Å²) < 4.78 is -0.523. The maximum atomic E-state index is 11.7. The zero-order valence-electron chi connectivity index (χ0n) is 12.8. The number of hydrogen-bond acceptors (Lipinski definition) is 3. The van der Waals surface area contributed by atoms with E-state index in [2.05, 4.69) is 45.0 Å². The van der Waals surface area contributed by atoms with E-state index in [9.17, 15) is 9.90 Å². The third kappa shape index (κ3) is 2.78. The van der Waals surface area contributed by atoms with Crippen LogP contribution in [0.15, 0.2) is 35.6 Å². The van der Waals surface area contributed by atoms with Crippen molar-refractivity contribution >= 4 is 16.9 Å². The zero-order valence-corrected chi connectivity index (χ0v) is 13.6. The Kier molecular flexibility index (Phi) is 3.76. The third-order valence-corrected chi connectivity index (χ3v) is 5.12. The highest BCUT2D eigenvalue weighted by atomic mass is 32.2. The zero-order chi connectivity index (χ0) is 15.1. The largest absolute Gasteiger partial charge is 0.510 e. The highest BCUT2D eigenvalue weighted by Gasteiger charge is 2.41. The summed E-state index contributed by atoms with van der Waals surface area (Å²) in [5.41, 5.74) is 3.06. The summed E-state index contributed by atoms with van der Waals surface area (Å²) in [6, 6.07) is 8.46. The Morgan fingerprint density at radius 3 is 2.15 bits per heavy atom. The van der Waals surface area contributed by atoms with Crippen LogP contribution >= 0.6 is 11.8 Å². The van der Waals surface area contributed by atoms with Crippen LogP contribution in [0.2, 0.25) is 0 Å². The first kappa shape index (κ1) is 15.2. The molecule has 1 heterocycles. The smallest absolute Gasteiger partial charge is 0.219 e. The summed E-state index contributed by atoms with van der Waals surface area (Å²) in [4.78, 5) is 11.7. The molecule has 2 rings (SSSR count). The molecule has 2 nitrogen and oxygen atoms in total. The Morgan fingerprint density at radius 2 is 1.75 bits per heavy atom. The van der Waals surface area contributed by atoms with Crippen LogP contribution < -0.4 is 0 Å². The fourth-order valence-electron chi connectivity index (χ4n) is 2.45. The van der Waals surface area contributed by atoms with Gasteiger partial charge in [-0.25, -0.2) is 0 Å². The van der Waals surface area contributed by atoms with Crippen LogP contribution in [-0.2, 0) is 16.6 Å². The second-order valence-electron chi connectivity index (χ2n) is 6.72. The van der Waals surface area contributed by atoms with Gasteiger partial charge in [0.05, 0.1) is 4.75 Å². The molecule has 0 aliphatic carbocycles. The lowest BCUT2D eigenvalue weighted by atomic mass is 9.86. The average molecular weight is 290 g/mol. The summed E-state index contributed by atoms with van der Waals surface area (Å²) in [6.45, 7) is 10.2. The molecule has 108 valence electrons. The molecular formula is C17H22O2S. The van der Waals surface area contributed by atoms with Crippen LogP contribution in [0.3, 0.4) is 0 Å². The van der Waals surface area contributed by atoms with E-state index in [0.717, 1.165) is 5.56 Å². The van der Waals surface area contributed by atoms with E-state index >= 15 is 0 Å². The number of benzene rings is 1. The Bertz CT molecular complexity index is 564. The van der Waals surface area contributed by atoms with Crippen molar-refractivity contribution < 1.29 is 9.90 Å². The van der Waals surface area contributed by atoms with Crippen LogP contribution in [0.1, 0.15) is 45.7 Å². The molecule has 0 aromatic heterocycles. The van der Waals surface area contributed by atoms with Crippen molar-refractivity contribution in [2.45, 2.75) is 51.2 Å². The van der Waals surface area contributed by atoms with Crippen molar-refractivity contribution in [2.24, 2.45) is 0 Å². The summed E-state index contributed by atoms with van der Waals surface area (Å²) >= 11 is 1.23. The Hall–Kier alpha value is -1.22. The quantitative estimate of drug-likeness (QED) is 0.877. The Labute approximate surface area is 125 Å². The van der Waals surface area contributed by atoms with E-state index in [1.54, 1.807) is 6.92 Å². The van der Waals surface area contributed by atoms with Gasteiger partial charge in [-0.15, -0.1) is 0 Å². The van der Waals surface area contributed by atoms with Crippen molar-refractivity contribution in [1.82, 2.24) is 0 Å². The highest BCUT2D eigenvalue weighted by molar-refractivity contribution is 8.15. The Morgan fingerprint density at radius 1 is 1.20 bits per heavy atom. The lowest BCUT2D eigenvalue weighted by molar-refractivity contribution is -0.107. The molecule has 1 unspecified atom stereocenters. The molecule has 0 spiro atoms. The number of aliphatic hydroxyl groups excluding tert-OH is 1. The Balaban J connectivity index is 2.22. The van der Waals surface area contributed by atoms with Crippen LogP contribution in [-0.4, -0.2) is 15.0 Å². The molecule has 0 saturated heterocycles. The predicted octanol–water partition coefficient (Wildman–Crippen LogP) is 4.39. The van der Waals surface area contributed by atoms with Crippen molar-refractivity contribution in [3.8, 4) is 0 Å². The molecule has 0 amide bonds. The molecule has 1 aliphatic rings. The van der Waals surface area contributed by atoms with Gasteiger partial charge in [-0.2, -0.15) is 0 Å². The van der Waals surface area contributed by atoms with Crippen molar-refractivity contribution in [3.63, 3.8) is 0 Å². The molecule has 0 fully saturated rings. The van der Waals surface area contributed by atoms with E-state index in [-0.39, 0.29) is 16.3 Å². The predicted molar refractivity (Wildman–Crippen MR) is 85.2 cm³/mol. The first-order chi connectivity index (χ1) is 9.13. The van der Waals surface area contributed by atoms with E-state index in [0.29, 0.717) is 12.0 Å². The van der Waals surface area contributed by atoms with Gasteiger partial charge in [-0.3, -0.25) is 4.79 Å². The standard InChI is InChI=1S/C17H22O2S/c1-11-14(18)17(5,20-15(11)19)10-12-6-8-13(9-7-12)16(2,3)4/h6-9,18H,10H2,1-5H3. The normalized spacial score (nSPS) is 23.6. The van der Waals surface area contributed by atoms with Crippen LogP contribution in [0.25, 0.3) is 0 Å². The summed E-state index contributed by atoms with van der Waals surface area (Å²) in [5, 5.41) is 10.2. The highest BCUT2D eigenvalue weighted by Crippen LogP contribution is 2.44. The van der Waals surface area contributed by atoms with E-state index in [1.165, 1.54) is 17.3 Å².